The summed E-state index contributed by atoms with van der Waals surface area (Å²) in [6.45, 7) is 10.2. The van der Waals surface area contributed by atoms with E-state index in [-0.39, 0.29) is 0 Å². The Morgan fingerprint density at radius 2 is 1.73 bits per heavy atom. The fourth-order valence-corrected chi connectivity index (χ4v) is 2.67. The van der Waals surface area contributed by atoms with Crippen LogP contribution in [0.3, 0.4) is 0 Å². The van der Waals surface area contributed by atoms with Gasteiger partial charge in [-0.2, -0.15) is 0 Å². The van der Waals surface area contributed by atoms with Crippen LogP contribution in [0.4, 0.5) is 5.69 Å². The van der Waals surface area contributed by atoms with Crippen molar-refractivity contribution in [3.05, 3.63) is 59.2 Å². The first-order chi connectivity index (χ1) is 10.6. The monoisotopic (exact) mass is 297 g/mol. The Morgan fingerprint density at radius 3 is 2.41 bits per heavy atom. The van der Waals surface area contributed by atoms with Gasteiger partial charge in [-0.3, -0.25) is 0 Å². The van der Waals surface area contributed by atoms with E-state index < -0.39 is 0 Å². The van der Waals surface area contributed by atoms with Gasteiger partial charge in [0.05, 0.1) is 0 Å². The lowest BCUT2D eigenvalue weighted by Crippen LogP contribution is -2.12. The topological polar surface area (TPSA) is 21.3 Å². The van der Waals surface area contributed by atoms with Gasteiger partial charge in [0.1, 0.15) is 12.4 Å². The van der Waals surface area contributed by atoms with Crippen molar-refractivity contribution in [3.63, 3.8) is 0 Å². The molecule has 2 nitrogen and oxygen atoms in total. The molecular weight excluding hydrogens is 270 g/mol. The average Bonchev–Trinajstić information content (AvgIpc) is 2.50. The second kappa shape index (κ2) is 7.88. The molecule has 0 amide bonds. The third-order valence-electron chi connectivity index (χ3n) is 3.97. The van der Waals surface area contributed by atoms with E-state index in [4.69, 9.17) is 4.74 Å². The summed E-state index contributed by atoms with van der Waals surface area (Å²) in [5.74, 6) is 1.54. The summed E-state index contributed by atoms with van der Waals surface area (Å²) in [4.78, 5) is 0. The van der Waals surface area contributed by atoms with E-state index in [0.29, 0.717) is 12.5 Å². The quantitative estimate of drug-likeness (QED) is 0.699. The van der Waals surface area contributed by atoms with Gasteiger partial charge >= 0.3 is 0 Å². The number of hydrogen-bond donors (Lipinski definition) is 1. The number of aryl methyl sites for hydroxylation is 2. The lowest BCUT2D eigenvalue weighted by atomic mass is 9.98. The maximum Gasteiger partial charge on any atom is 0.122 e. The zero-order valence-corrected chi connectivity index (χ0v) is 14.1. The summed E-state index contributed by atoms with van der Waals surface area (Å²) in [7, 11) is 0. The van der Waals surface area contributed by atoms with Crippen LogP contribution in [0.2, 0.25) is 0 Å². The predicted molar refractivity (Wildman–Crippen MR) is 95.0 cm³/mol. The first-order valence-corrected chi connectivity index (χ1v) is 8.14. The Morgan fingerprint density at radius 1 is 1.05 bits per heavy atom. The van der Waals surface area contributed by atoms with E-state index in [9.17, 15) is 0 Å². The maximum absolute atomic E-state index is 5.98. The molecule has 0 bridgehead atoms. The first kappa shape index (κ1) is 16.4. The minimum atomic E-state index is 0.531. The third-order valence-corrected chi connectivity index (χ3v) is 3.97. The third kappa shape index (κ3) is 4.52. The van der Waals surface area contributed by atoms with Gasteiger partial charge in [0.25, 0.3) is 0 Å². The lowest BCUT2D eigenvalue weighted by molar-refractivity contribution is 0.327. The number of anilines is 1. The van der Waals surface area contributed by atoms with Crippen molar-refractivity contribution < 1.29 is 4.74 Å². The molecule has 0 aliphatic rings. The molecule has 0 aromatic heterocycles. The van der Waals surface area contributed by atoms with Gasteiger partial charge in [-0.25, -0.2) is 0 Å². The van der Waals surface area contributed by atoms with Crippen LogP contribution in [-0.2, 0) is 0 Å². The second-order valence-electron chi connectivity index (χ2n) is 6.00. The van der Waals surface area contributed by atoms with Gasteiger partial charge in [0.15, 0.2) is 0 Å². The zero-order chi connectivity index (χ0) is 15.9. The summed E-state index contributed by atoms with van der Waals surface area (Å²) in [6.07, 6.45) is 1.13. The molecule has 0 radical (unpaired) electrons. The van der Waals surface area contributed by atoms with Gasteiger partial charge in [-0.05, 0) is 61.1 Å². The summed E-state index contributed by atoms with van der Waals surface area (Å²) < 4.78 is 5.98. The fourth-order valence-electron chi connectivity index (χ4n) is 2.67. The molecule has 2 aromatic carbocycles. The maximum atomic E-state index is 5.98. The highest BCUT2D eigenvalue weighted by Gasteiger charge is 2.09. The van der Waals surface area contributed by atoms with E-state index in [1.165, 1.54) is 16.7 Å². The van der Waals surface area contributed by atoms with Crippen molar-refractivity contribution in [2.75, 3.05) is 18.5 Å². The molecule has 0 aliphatic carbocycles. The molecule has 0 saturated heterocycles. The van der Waals surface area contributed by atoms with Crippen molar-refractivity contribution in [1.82, 2.24) is 0 Å². The minimum Gasteiger partial charge on any atom is -0.491 e. The van der Waals surface area contributed by atoms with Gasteiger partial charge in [-0.15, -0.1) is 0 Å². The highest BCUT2D eigenvalue weighted by atomic mass is 16.5. The number of ether oxygens (including phenoxy) is 1. The summed E-state index contributed by atoms with van der Waals surface area (Å²) >= 11 is 0. The van der Waals surface area contributed by atoms with Crippen molar-refractivity contribution in [3.8, 4) is 5.75 Å². The smallest absolute Gasteiger partial charge is 0.122 e. The van der Waals surface area contributed by atoms with E-state index in [0.717, 1.165) is 24.4 Å². The number of benzene rings is 2. The molecule has 1 atom stereocenters. The van der Waals surface area contributed by atoms with Crippen LogP contribution in [-0.4, -0.2) is 13.2 Å². The number of nitrogens with one attached hydrogen (secondary N) is 1. The Bertz CT molecular complexity index is 586. The number of rotatable bonds is 7. The SMILES string of the molecule is CCC(C)c1ccccc1OCCNc1cc(C)cc(C)c1. The minimum absolute atomic E-state index is 0.531. The highest BCUT2D eigenvalue weighted by molar-refractivity contribution is 5.48. The van der Waals surface area contributed by atoms with Gasteiger partial charge in [-0.1, -0.05) is 38.1 Å². The Kier molecular flexibility index (Phi) is 5.88. The van der Waals surface area contributed by atoms with Crippen LogP contribution >= 0.6 is 0 Å². The number of hydrogen-bond acceptors (Lipinski definition) is 2. The first-order valence-electron chi connectivity index (χ1n) is 8.14. The van der Waals surface area contributed by atoms with Crippen molar-refractivity contribution in [2.45, 2.75) is 40.0 Å². The molecule has 2 aromatic rings. The fraction of sp³-hybridized carbons (Fsp3) is 0.400. The zero-order valence-electron chi connectivity index (χ0n) is 14.1. The average molecular weight is 297 g/mol. The summed E-state index contributed by atoms with van der Waals surface area (Å²) in [5, 5.41) is 3.43. The van der Waals surface area contributed by atoms with Crippen LogP contribution in [0.5, 0.6) is 5.75 Å². The van der Waals surface area contributed by atoms with Crippen LogP contribution in [0.25, 0.3) is 0 Å². The van der Waals surface area contributed by atoms with Gasteiger partial charge in [0, 0.05) is 12.2 Å². The normalized spacial score (nSPS) is 12.0. The molecule has 0 aliphatic heterocycles. The van der Waals surface area contributed by atoms with Gasteiger partial charge in [0.2, 0.25) is 0 Å². The molecule has 2 rings (SSSR count). The molecular formula is C20H27NO. The van der Waals surface area contributed by atoms with E-state index >= 15 is 0 Å². The van der Waals surface area contributed by atoms with Crippen molar-refractivity contribution >= 4 is 5.69 Å². The Balaban J connectivity index is 1.89. The standard InChI is InChI=1S/C20H27NO/c1-5-17(4)19-8-6-7-9-20(19)22-11-10-21-18-13-15(2)12-16(3)14-18/h6-9,12-14,17,21H,5,10-11H2,1-4H3. The van der Waals surface area contributed by atoms with Crippen LogP contribution < -0.4 is 10.1 Å². The van der Waals surface area contributed by atoms with Crippen LogP contribution in [0.15, 0.2) is 42.5 Å². The molecule has 0 spiro atoms. The highest BCUT2D eigenvalue weighted by Crippen LogP contribution is 2.28. The number of para-hydroxylation sites is 1. The molecule has 118 valence electrons. The summed E-state index contributed by atoms with van der Waals surface area (Å²) in [6, 6.07) is 14.9. The van der Waals surface area contributed by atoms with E-state index in [1.54, 1.807) is 0 Å². The molecule has 0 heterocycles. The van der Waals surface area contributed by atoms with Crippen molar-refractivity contribution in [2.24, 2.45) is 0 Å². The molecule has 0 saturated carbocycles. The Labute approximate surface area is 134 Å². The summed E-state index contributed by atoms with van der Waals surface area (Å²) in [5.41, 5.74) is 5.03. The molecule has 2 heteroatoms. The molecule has 1 unspecified atom stereocenters. The van der Waals surface area contributed by atoms with E-state index in [2.05, 4.69) is 69.4 Å². The second-order valence-corrected chi connectivity index (χ2v) is 6.00. The van der Waals surface area contributed by atoms with E-state index in [1.807, 2.05) is 6.07 Å². The lowest BCUT2D eigenvalue weighted by Gasteiger charge is -2.16. The molecule has 22 heavy (non-hydrogen) atoms. The Hall–Kier alpha value is -1.96. The van der Waals surface area contributed by atoms with Gasteiger partial charge < -0.3 is 10.1 Å². The van der Waals surface area contributed by atoms with Crippen LogP contribution in [0.1, 0.15) is 42.9 Å². The van der Waals surface area contributed by atoms with Crippen LogP contribution in [0, 0.1) is 13.8 Å². The predicted octanol–water partition coefficient (Wildman–Crippen LogP) is 5.31. The molecule has 1 N–H and O–H groups in total. The largest absolute Gasteiger partial charge is 0.491 e. The van der Waals surface area contributed by atoms with Crippen molar-refractivity contribution in [1.29, 1.82) is 0 Å². The molecule has 0 fully saturated rings.